The maximum absolute atomic E-state index is 13.0. The molecule has 0 bridgehead atoms. The van der Waals surface area contributed by atoms with Crippen LogP contribution >= 0.6 is 23.2 Å². The molecule has 168 valence electrons. The van der Waals surface area contributed by atoms with E-state index in [0.29, 0.717) is 12.8 Å². The van der Waals surface area contributed by atoms with E-state index in [2.05, 4.69) is 23.5 Å². The van der Waals surface area contributed by atoms with Crippen molar-refractivity contribution in [3.8, 4) is 0 Å². The quantitative estimate of drug-likeness (QED) is 0.518. The number of benzene rings is 3. The second-order valence-corrected chi connectivity index (χ2v) is 10.7. The number of hydrogen-bond donors (Lipinski definition) is 1. The molecule has 5 nitrogen and oxygen atoms in total. The summed E-state index contributed by atoms with van der Waals surface area (Å²) in [6.45, 7) is 2.45. The predicted molar refractivity (Wildman–Crippen MR) is 128 cm³/mol. The SMILES string of the molecule is CC(NC(=O)C1CCN(S(=O)(=O)c2c(Cl)cccc2Cl)CC1)c1cccc2ccccc12. The zero-order valence-corrected chi connectivity index (χ0v) is 19.9. The minimum atomic E-state index is -3.83. The Hall–Kier alpha value is -2.12. The van der Waals surface area contributed by atoms with Crippen LogP contribution in [0.3, 0.4) is 0 Å². The van der Waals surface area contributed by atoms with E-state index in [4.69, 9.17) is 23.2 Å². The van der Waals surface area contributed by atoms with Gasteiger partial charge in [0.05, 0.1) is 16.1 Å². The number of piperidine rings is 1. The fraction of sp³-hybridized carbons (Fsp3) is 0.292. The van der Waals surface area contributed by atoms with E-state index in [9.17, 15) is 13.2 Å². The largest absolute Gasteiger partial charge is 0.349 e. The number of halogens is 2. The van der Waals surface area contributed by atoms with Gasteiger partial charge in [0.15, 0.2) is 0 Å². The minimum absolute atomic E-state index is 0.0572. The number of nitrogens with zero attached hydrogens (tertiary/aromatic N) is 1. The highest BCUT2D eigenvalue weighted by Gasteiger charge is 2.34. The van der Waals surface area contributed by atoms with Crippen molar-refractivity contribution in [1.82, 2.24) is 9.62 Å². The van der Waals surface area contributed by atoms with Crippen LogP contribution in [0.2, 0.25) is 10.0 Å². The first-order valence-electron chi connectivity index (χ1n) is 10.5. The molecule has 0 spiro atoms. The van der Waals surface area contributed by atoms with Gasteiger partial charge in [-0.15, -0.1) is 0 Å². The summed E-state index contributed by atoms with van der Waals surface area (Å²) in [5.41, 5.74) is 1.06. The lowest BCUT2D eigenvalue weighted by Gasteiger charge is -2.31. The van der Waals surface area contributed by atoms with Crippen LogP contribution < -0.4 is 5.32 Å². The van der Waals surface area contributed by atoms with Gasteiger partial charge in [0.25, 0.3) is 0 Å². The van der Waals surface area contributed by atoms with Gasteiger partial charge in [-0.3, -0.25) is 4.79 Å². The smallest absolute Gasteiger partial charge is 0.246 e. The highest BCUT2D eigenvalue weighted by molar-refractivity contribution is 7.89. The fourth-order valence-corrected chi connectivity index (χ4v) is 6.81. The van der Waals surface area contributed by atoms with Crippen molar-refractivity contribution in [3.05, 3.63) is 76.3 Å². The second-order valence-electron chi connectivity index (χ2n) is 8.03. The molecule has 0 saturated carbocycles. The van der Waals surface area contributed by atoms with Gasteiger partial charge in [0.1, 0.15) is 4.90 Å². The number of nitrogens with one attached hydrogen (secondary N) is 1. The Kier molecular flexibility index (Phi) is 6.77. The lowest BCUT2D eigenvalue weighted by atomic mass is 9.95. The average molecular weight is 491 g/mol. The molecule has 1 amide bonds. The molecule has 1 N–H and O–H groups in total. The Morgan fingerprint density at radius 3 is 2.25 bits per heavy atom. The highest BCUT2D eigenvalue weighted by atomic mass is 35.5. The Morgan fingerprint density at radius 2 is 1.56 bits per heavy atom. The summed E-state index contributed by atoms with van der Waals surface area (Å²) in [6.07, 6.45) is 0.880. The lowest BCUT2D eigenvalue weighted by molar-refractivity contribution is -0.126. The van der Waals surface area contributed by atoms with Crippen LogP contribution in [0.4, 0.5) is 0 Å². The Balaban J connectivity index is 1.42. The van der Waals surface area contributed by atoms with Crippen LogP contribution in [0.5, 0.6) is 0 Å². The van der Waals surface area contributed by atoms with Crippen LogP contribution in [0.25, 0.3) is 10.8 Å². The van der Waals surface area contributed by atoms with Crippen molar-refractivity contribution in [2.24, 2.45) is 5.92 Å². The van der Waals surface area contributed by atoms with Crippen molar-refractivity contribution in [1.29, 1.82) is 0 Å². The molecule has 1 fully saturated rings. The summed E-state index contributed by atoms with van der Waals surface area (Å²) in [6, 6.07) is 18.6. The number of fused-ring (bicyclic) bond motifs is 1. The topological polar surface area (TPSA) is 66.5 Å². The molecule has 3 aromatic rings. The molecule has 3 aromatic carbocycles. The van der Waals surface area contributed by atoms with Gasteiger partial charge in [0.2, 0.25) is 15.9 Å². The third kappa shape index (κ3) is 4.50. The van der Waals surface area contributed by atoms with Gasteiger partial charge in [-0.2, -0.15) is 4.31 Å². The number of hydrogen-bond acceptors (Lipinski definition) is 3. The molecule has 1 aliphatic rings. The standard InChI is InChI=1S/C24H24Cl2N2O3S/c1-16(19-9-4-7-17-6-2-3-8-20(17)19)27-24(29)18-12-14-28(15-13-18)32(30,31)23-21(25)10-5-11-22(23)26/h2-11,16,18H,12-15H2,1H3,(H,27,29). The van der Waals surface area contributed by atoms with E-state index in [-0.39, 0.29) is 45.9 Å². The van der Waals surface area contributed by atoms with E-state index >= 15 is 0 Å². The van der Waals surface area contributed by atoms with Gasteiger partial charge in [0, 0.05) is 19.0 Å². The zero-order valence-electron chi connectivity index (χ0n) is 17.6. The van der Waals surface area contributed by atoms with Gasteiger partial charge in [-0.05, 0) is 48.2 Å². The third-order valence-electron chi connectivity index (χ3n) is 5.99. The summed E-state index contributed by atoms with van der Waals surface area (Å²) in [7, 11) is -3.83. The number of sulfonamides is 1. The summed E-state index contributed by atoms with van der Waals surface area (Å²) >= 11 is 12.2. The molecule has 0 aromatic heterocycles. The number of rotatable bonds is 5. The summed E-state index contributed by atoms with van der Waals surface area (Å²) in [4.78, 5) is 12.9. The van der Waals surface area contributed by atoms with Crippen molar-refractivity contribution in [3.63, 3.8) is 0 Å². The molecular formula is C24H24Cl2N2O3S. The molecule has 0 radical (unpaired) electrons. The number of carbonyl (C=O) groups excluding carboxylic acids is 1. The summed E-state index contributed by atoms with van der Waals surface area (Å²) in [5.74, 6) is -0.307. The molecule has 1 saturated heterocycles. The van der Waals surface area contributed by atoms with Crippen LogP contribution in [-0.4, -0.2) is 31.7 Å². The fourth-order valence-electron chi connectivity index (χ4n) is 4.25. The lowest BCUT2D eigenvalue weighted by Crippen LogP contribution is -2.43. The van der Waals surface area contributed by atoms with Crippen molar-refractivity contribution in [2.75, 3.05) is 13.1 Å². The van der Waals surface area contributed by atoms with Crippen molar-refractivity contribution in [2.45, 2.75) is 30.7 Å². The normalized spacial score (nSPS) is 16.7. The Morgan fingerprint density at radius 1 is 0.969 bits per heavy atom. The highest BCUT2D eigenvalue weighted by Crippen LogP contribution is 2.33. The number of amides is 1. The van der Waals surface area contributed by atoms with Gasteiger partial charge in [-0.1, -0.05) is 71.7 Å². The van der Waals surface area contributed by atoms with E-state index in [1.165, 1.54) is 16.4 Å². The van der Waals surface area contributed by atoms with Crippen molar-refractivity contribution >= 4 is 49.9 Å². The first kappa shape index (κ1) is 23.1. The van der Waals surface area contributed by atoms with E-state index in [0.717, 1.165) is 16.3 Å². The maximum atomic E-state index is 13.0. The molecule has 1 aliphatic heterocycles. The van der Waals surface area contributed by atoms with Crippen molar-refractivity contribution < 1.29 is 13.2 Å². The molecular weight excluding hydrogens is 467 g/mol. The number of carbonyl (C=O) groups is 1. The molecule has 1 unspecified atom stereocenters. The first-order chi connectivity index (χ1) is 15.3. The van der Waals surface area contributed by atoms with E-state index < -0.39 is 10.0 Å². The molecule has 1 heterocycles. The van der Waals surface area contributed by atoms with E-state index in [1.807, 2.05) is 31.2 Å². The zero-order chi connectivity index (χ0) is 22.9. The second kappa shape index (κ2) is 9.40. The Bertz CT molecular complexity index is 1230. The van der Waals surface area contributed by atoms with Gasteiger partial charge in [-0.25, -0.2) is 8.42 Å². The summed E-state index contributed by atoms with van der Waals surface area (Å²) < 4.78 is 27.5. The molecule has 32 heavy (non-hydrogen) atoms. The minimum Gasteiger partial charge on any atom is -0.349 e. The van der Waals surface area contributed by atoms with Crippen LogP contribution in [0.1, 0.15) is 31.4 Å². The van der Waals surface area contributed by atoms with Crippen LogP contribution in [-0.2, 0) is 14.8 Å². The third-order valence-corrected chi connectivity index (χ3v) is 8.84. The average Bonchev–Trinajstić information content (AvgIpc) is 2.78. The first-order valence-corrected chi connectivity index (χ1v) is 12.7. The monoisotopic (exact) mass is 490 g/mol. The maximum Gasteiger partial charge on any atom is 0.246 e. The van der Waals surface area contributed by atoms with Gasteiger partial charge >= 0.3 is 0 Å². The molecule has 0 aliphatic carbocycles. The van der Waals surface area contributed by atoms with Crippen LogP contribution in [0, 0.1) is 5.92 Å². The predicted octanol–water partition coefficient (Wildman–Crippen LogP) is 5.42. The Labute approximate surface area is 198 Å². The molecule has 1 atom stereocenters. The van der Waals surface area contributed by atoms with Gasteiger partial charge < -0.3 is 5.32 Å². The molecule has 8 heteroatoms. The van der Waals surface area contributed by atoms with E-state index in [1.54, 1.807) is 6.07 Å². The van der Waals surface area contributed by atoms with Crippen LogP contribution in [0.15, 0.2) is 65.6 Å². The summed E-state index contributed by atoms with van der Waals surface area (Å²) in [5, 5.41) is 5.55. The molecule has 4 rings (SSSR count).